The lowest BCUT2D eigenvalue weighted by Crippen LogP contribution is -2.56. The topological polar surface area (TPSA) is 12.0 Å². The van der Waals surface area contributed by atoms with Gasteiger partial charge in [-0.25, -0.2) is 0 Å². The van der Waals surface area contributed by atoms with Crippen molar-refractivity contribution in [3.05, 3.63) is 0 Å². The van der Waals surface area contributed by atoms with Gasteiger partial charge in [0.05, 0.1) is 0 Å². The van der Waals surface area contributed by atoms with Gasteiger partial charge in [0.15, 0.2) is 0 Å². The van der Waals surface area contributed by atoms with Crippen molar-refractivity contribution >= 4 is 15.1 Å². The van der Waals surface area contributed by atoms with Crippen LogP contribution in [-0.4, -0.2) is 15.1 Å². The molecule has 0 saturated carbocycles. The Bertz CT molecular complexity index is 180. The molecule has 2 bridgehead atoms. The lowest BCUT2D eigenvalue weighted by Gasteiger charge is -2.43. The monoisotopic (exact) mass is 209 g/mol. The van der Waals surface area contributed by atoms with Crippen LogP contribution in [-0.2, 0) is 0 Å². The smallest absolute Gasteiger partial charge is 0.220 e. The summed E-state index contributed by atoms with van der Waals surface area (Å²) in [7, 11) is -1.06. The SMILES string of the molecule is C[Si](C)(C)NB1C2CCCC1CCC2. The van der Waals surface area contributed by atoms with E-state index < -0.39 is 8.24 Å². The molecule has 0 spiro atoms. The Morgan fingerprint density at radius 1 is 0.929 bits per heavy atom. The Morgan fingerprint density at radius 3 is 1.71 bits per heavy atom. The van der Waals surface area contributed by atoms with Crippen LogP contribution in [0.1, 0.15) is 38.5 Å². The fourth-order valence-electron chi connectivity index (χ4n) is 3.41. The summed E-state index contributed by atoms with van der Waals surface area (Å²) >= 11 is 0. The van der Waals surface area contributed by atoms with E-state index in [2.05, 4.69) is 24.5 Å². The first-order chi connectivity index (χ1) is 6.56. The fraction of sp³-hybridized carbons (Fsp3) is 1.00. The summed E-state index contributed by atoms with van der Waals surface area (Å²) in [4.78, 5) is 4.00. The first kappa shape index (κ1) is 10.7. The summed E-state index contributed by atoms with van der Waals surface area (Å²) in [6.07, 6.45) is 8.99. The fourth-order valence-corrected chi connectivity index (χ4v) is 4.88. The van der Waals surface area contributed by atoms with Gasteiger partial charge >= 0.3 is 0 Å². The molecule has 3 heteroatoms. The summed E-state index contributed by atoms with van der Waals surface area (Å²) in [5, 5.41) is 0. The molecular weight excluding hydrogens is 185 g/mol. The molecule has 0 aliphatic carbocycles. The van der Waals surface area contributed by atoms with Crippen molar-refractivity contribution < 1.29 is 0 Å². The lowest BCUT2D eigenvalue weighted by molar-refractivity contribution is 0.439. The van der Waals surface area contributed by atoms with E-state index >= 15 is 0 Å². The largest absolute Gasteiger partial charge is 0.378 e. The van der Waals surface area contributed by atoms with Gasteiger partial charge in [-0.15, -0.1) is 0 Å². The van der Waals surface area contributed by atoms with Crippen molar-refractivity contribution in [1.29, 1.82) is 0 Å². The third kappa shape index (κ3) is 2.43. The minimum absolute atomic E-state index is 0.893. The van der Waals surface area contributed by atoms with Gasteiger partial charge in [0.2, 0.25) is 6.85 Å². The molecule has 1 N–H and O–H groups in total. The number of hydrogen-bond acceptors (Lipinski definition) is 1. The molecule has 2 fully saturated rings. The number of fused-ring (bicyclic) bond motifs is 2. The van der Waals surface area contributed by atoms with Crippen LogP contribution >= 0.6 is 0 Å². The Morgan fingerprint density at radius 2 is 1.36 bits per heavy atom. The Balaban J connectivity index is 2.01. The van der Waals surface area contributed by atoms with E-state index in [0.717, 1.165) is 18.5 Å². The molecule has 0 aromatic rings. The first-order valence-electron chi connectivity index (χ1n) is 6.34. The molecule has 80 valence electrons. The second kappa shape index (κ2) is 4.01. The highest BCUT2D eigenvalue weighted by molar-refractivity contribution is 6.84. The van der Waals surface area contributed by atoms with Crippen LogP contribution in [0.3, 0.4) is 0 Å². The lowest BCUT2D eigenvalue weighted by atomic mass is 9.35. The summed E-state index contributed by atoms with van der Waals surface area (Å²) in [6, 6.07) is 0. The molecule has 0 amide bonds. The van der Waals surface area contributed by atoms with E-state index in [-0.39, 0.29) is 0 Å². The van der Waals surface area contributed by atoms with Crippen molar-refractivity contribution in [2.24, 2.45) is 0 Å². The summed E-state index contributed by atoms with van der Waals surface area (Å²) < 4.78 is 0. The maximum Gasteiger partial charge on any atom is 0.220 e. The van der Waals surface area contributed by atoms with Gasteiger partial charge in [-0.2, -0.15) is 0 Å². The summed E-state index contributed by atoms with van der Waals surface area (Å²) in [5.41, 5.74) is 0. The predicted molar refractivity (Wildman–Crippen MR) is 67.4 cm³/mol. The quantitative estimate of drug-likeness (QED) is 0.686. The molecular formula is C11H24BNSi. The minimum Gasteiger partial charge on any atom is -0.378 e. The summed E-state index contributed by atoms with van der Waals surface area (Å²) in [6.45, 7) is 8.22. The average molecular weight is 209 g/mol. The molecule has 2 saturated heterocycles. The zero-order valence-electron chi connectivity index (χ0n) is 9.97. The highest BCUT2D eigenvalue weighted by Gasteiger charge is 2.41. The van der Waals surface area contributed by atoms with Gasteiger partial charge in [0.25, 0.3) is 0 Å². The first-order valence-corrected chi connectivity index (χ1v) is 9.84. The average Bonchev–Trinajstić information content (AvgIpc) is 1.99. The molecule has 2 heterocycles. The van der Waals surface area contributed by atoms with Crippen LogP contribution in [0.5, 0.6) is 0 Å². The van der Waals surface area contributed by atoms with Gasteiger partial charge in [-0.3, -0.25) is 0 Å². The van der Waals surface area contributed by atoms with Crippen LogP contribution in [0.15, 0.2) is 0 Å². The predicted octanol–water partition coefficient (Wildman–Crippen LogP) is 3.51. The van der Waals surface area contributed by atoms with Gasteiger partial charge < -0.3 is 4.89 Å². The van der Waals surface area contributed by atoms with Crippen LogP contribution in [0.25, 0.3) is 0 Å². The van der Waals surface area contributed by atoms with Gasteiger partial charge in [-0.05, 0) is 11.6 Å². The highest BCUT2D eigenvalue weighted by Crippen LogP contribution is 2.45. The third-order valence-corrected chi connectivity index (χ3v) is 5.11. The number of rotatable bonds is 2. The van der Waals surface area contributed by atoms with Gasteiger partial charge in [0.1, 0.15) is 8.24 Å². The summed E-state index contributed by atoms with van der Waals surface area (Å²) in [5.74, 6) is 2.04. The van der Waals surface area contributed by atoms with Crippen molar-refractivity contribution in [3.63, 3.8) is 0 Å². The van der Waals surface area contributed by atoms with E-state index in [4.69, 9.17) is 0 Å². The van der Waals surface area contributed by atoms with E-state index in [1.165, 1.54) is 38.5 Å². The molecule has 14 heavy (non-hydrogen) atoms. The van der Waals surface area contributed by atoms with Crippen molar-refractivity contribution in [1.82, 2.24) is 4.89 Å². The van der Waals surface area contributed by atoms with E-state index in [0.29, 0.717) is 0 Å². The Hall–Kier alpha value is 0.242. The maximum absolute atomic E-state index is 4.00. The zero-order valence-corrected chi connectivity index (χ0v) is 11.0. The molecule has 2 rings (SSSR count). The highest BCUT2D eigenvalue weighted by atomic mass is 28.3. The molecule has 0 unspecified atom stereocenters. The van der Waals surface area contributed by atoms with Crippen LogP contribution in [0.4, 0.5) is 0 Å². The molecule has 1 nitrogen and oxygen atoms in total. The van der Waals surface area contributed by atoms with Gasteiger partial charge in [0, 0.05) is 0 Å². The van der Waals surface area contributed by atoms with Crippen molar-refractivity contribution in [3.8, 4) is 0 Å². The second-order valence-electron chi connectivity index (χ2n) is 6.30. The van der Waals surface area contributed by atoms with Crippen molar-refractivity contribution in [2.45, 2.75) is 69.8 Å². The molecule has 2 aliphatic rings. The van der Waals surface area contributed by atoms with E-state index in [9.17, 15) is 0 Å². The molecule has 0 radical (unpaired) electrons. The van der Waals surface area contributed by atoms with Crippen LogP contribution < -0.4 is 4.89 Å². The molecule has 0 atom stereocenters. The van der Waals surface area contributed by atoms with Gasteiger partial charge in [-0.1, -0.05) is 58.2 Å². The van der Waals surface area contributed by atoms with E-state index in [1.807, 2.05) is 0 Å². The molecule has 0 aromatic heterocycles. The normalized spacial score (nSPS) is 33.2. The van der Waals surface area contributed by atoms with Crippen molar-refractivity contribution in [2.75, 3.05) is 0 Å². The standard InChI is InChI=1S/C11H24BNSi/c1-14(2,3)13-12-10-6-4-7-11(12)9-5-8-10/h10-11,13H,4-9H2,1-3H3. The third-order valence-electron chi connectivity index (χ3n) is 3.92. The Kier molecular flexibility index (Phi) is 3.08. The number of nitrogens with one attached hydrogen (secondary N) is 1. The van der Waals surface area contributed by atoms with Crippen LogP contribution in [0, 0.1) is 0 Å². The zero-order chi connectivity index (χ0) is 10.2. The number of hydrogen-bond donors (Lipinski definition) is 1. The maximum atomic E-state index is 4.00. The van der Waals surface area contributed by atoms with Crippen LogP contribution in [0.2, 0.25) is 31.3 Å². The second-order valence-corrected chi connectivity index (χ2v) is 11.1. The minimum atomic E-state index is -1.06. The Labute approximate surface area is 90.2 Å². The van der Waals surface area contributed by atoms with E-state index in [1.54, 1.807) is 0 Å². The molecule has 0 aromatic carbocycles. The molecule has 2 aliphatic heterocycles.